The van der Waals surface area contributed by atoms with Crippen LogP contribution in [0.3, 0.4) is 0 Å². The molecule has 9 nitrogen and oxygen atoms in total. The van der Waals surface area contributed by atoms with Crippen molar-refractivity contribution < 1.29 is 33.1 Å². The van der Waals surface area contributed by atoms with Crippen LogP contribution in [-0.4, -0.2) is 44.0 Å². The molecule has 0 bridgehead atoms. The molecular weight excluding hydrogens is 480 g/mol. The molecular formula is C19H19BrN2O7S. The normalized spacial score (nSPS) is 10.7. The number of furan rings is 1. The van der Waals surface area contributed by atoms with E-state index in [9.17, 15) is 19.2 Å². The Morgan fingerprint density at radius 3 is 2.57 bits per heavy atom. The molecule has 0 aliphatic carbocycles. The first-order valence-electron chi connectivity index (χ1n) is 8.69. The van der Waals surface area contributed by atoms with E-state index in [-0.39, 0.29) is 22.0 Å². The van der Waals surface area contributed by atoms with Crippen molar-refractivity contribution in [2.75, 3.05) is 25.6 Å². The van der Waals surface area contributed by atoms with Gasteiger partial charge < -0.3 is 24.5 Å². The van der Waals surface area contributed by atoms with E-state index in [2.05, 4.69) is 26.6 Å². The van der Waals surface area contributed by atoms with Crippen molar-refractivity contribution in [3.63, 3.8) is 0 Å². The van der Waals surface area contributed by atoms with Gasteiger partial charge in [0.05, 0.1) is 17.0 Å². The third-order valence-electron chi connectivity index (χ3n) is 3.64. The van der Waals surface area contributed by atoms with Crippen LogP contribution in [0.15, 0.2) is 27.3 Å². The highest BCUT2D eigenvalue weighted by molar-refractivity contribution is 9.10. The summed E-state index contributed by atoms with van der Waals surface area (Å²) in [6, 6.07) is 3.30. The quantitative estimate of drug-likeness (QED) is 0.423. The van der Waals surface area contributed by atoms with Gasteiger partial charge in [-0.3, -0.25) is 9.59 Å². The van der Waals surface area contributed by atoms with Crippen molar-refractivity contribution in [1.82, 2.24) is 5.32 Å². The van der Waals surface area contributed by atoms with E-state index in [1.165, 1.54) is 13.1 Å². The minimum absolute atomic E-state index is 0.0865. The van der Waals surface area contributed by atoms with Crippen LogP contribution in [0.5, 0.6) is 0 Å². The number of carbonyl (C=O) groups is 4. The topological polar surface area (TPSA) is 124 Å². The molecule has 2 heterocycles. The van der Waals surface area contributed by atoms with Crippen LogP contribution in [-0.2, 0) is 19.1 Å². The molecule has 2 rings (SSSR count). The van der Waals surface area contributed by atoms with E-state index in [4.69, 9.17) is 13.9 Å². The Hall–Kier alpha value is -2.92. The van der Waals surface area contributed by atoms with Crippen molar-refractivity contribution in [2.24, 2.45) is 0 Å². The SMILES string of the molecule is CCOC(=O)c1c(NC(=O)COC(=O)/C=C/c2ccc(Br)o2)sc(C(=O)NC)c1C. The van der Waals surface area contributed by atoms with Crippen LogP contribution >= 0.6 is 27.3 Å². The first-order valence-corrected chi connectivity index (χ1v) is 10.3. The number of thiophene rings is 1. The molecule has 30 heavy (non-hydrogen) atoms. The number of amides is 2. The van der Waals surface area contributed by atoms with E-state index in [0.717, 1.165) is 17.4 Å². The van der Waals surface area contributed by atoms with E-state index in [0.29, 0.717) is 16.0 Å². The van der Waals surface area contributed by atoms with Crippen molar-refractivity contribution in [2.45, 2.75) is 13.8 Å². The highest BCUT2D eigenvalue weighted by Crippen LogP contribution is 2.33. The van der Waals surface area contributed by atoms with Gasteiger partial charge in [0.25, 0.3) is 11.8 Å². The molecule has 0 spiro atoms. The predicted octanol–water partition coefficient (Wildman–Crippen LogP) is 3.14. The Bertz CT molecular complexity index is 993. The number of ether oxygens (including phenoxy) is 2. The fraction of sp³-hybridized carbons (Fsp3) is 0.263. The number of rotatable bonds is 8. The molecule has 2 aromatic rings. The number of hydrogen-bond acceptors (Lipinski definition) is 8. The Labute approximate surface area is 184 Å². The molecule has 0 saturated heterocycles. The Morgan fingerprint density at radius 1 is 1.23 bits per heavy atom. The summed E-state index contributed by atoms with van der Waals surface area (Å²) >= 11 is 4.07. The zero-order chi connectivity index (χ0) is 22.3. The fourth-order valence-electron chi connectivity index (χ4n) is 2.30. The van der Waals surface area contributed by atoms with Crippen LogP contribution < -0.4 is 10.6 Å². The lowest BCUT2D eigenvalue weighted by atomic mass is 10.1. The smallest absolute Gasteiger partial charge is 0.341 e. The largest absolute Gasteiger partial charge is 0.462 e. The summed E-state index contributed by atoms with van der Waals surface area (Å²) in [5, 5.41) is 5.11. The van der Waals surface area contributed by atoms with E-state index in [1.54, 1.807) is 26.0 Å². The Morgan fingerprint density at radius 2 is 1.97 bits per heavy atom. The van der Waals surface area contributed by atoms with Crippen molar-refractivity contribution in [1.29, 1.82) is 0 Å². The number of nitrogens with one attached hydrogen (secondary N) is 2. The van der Waals surface area contributed by atoms with Gasteiger partial charge in [0, 0.05) is 13.1 Å². The van der Waals surface area contributed by atoms with Crippen LogP contribution in [0.4, 0.5) is 5.00 Å². The summed E-state index contributed by atoms with van der Waals surface area (Å²) in [5.74, 6) is -2.06. The van der Waals surface area contributed by atoms with Gasteiger partial charge in [0.2, 0.25) is 0 Å². The first-order chi connectivity index (χ1) is 14.3. The maximum absolute atomic E-state index is 12.3. The highest BCUT2D eigenvalue weighted by Gasteiger charge is 2.26. The average molecular weight is 499 g/mol. The molecule has 2 aromatic heterocycles. The molecule has 0 fully saturated rings. The number of carbonyl (C=O) groups excluding carboxylic acids is 4. The van der Waals surface area contributed by atoms with Crippen molar-refractivity contribution in [3.8, 4) is 0 Å². The van der Waals surface area contributed by atoms with E-state index >= 15 is 0 Å². The number of esters is 2. The maximum atomic E-state index is 12.3. The van der Waals surface area contributed by atoms with Crippen LogP contribution in [0.25, 0.3) is 6.08 Å². The van der Waals surface area contributed by atoms with Gasteiger partial charge in [0.1, 0.15) is 10.8 Å². The molecule has 2 N–H and O–H groups in total. The summed E-state index contributed by atoms with van der Waals surface area (Å²) in [5.41, 5.74) is 0.473. The summed E-state index contributed by atoms with van der Waals surface area (Å²) in [7, 11) is 1.46. The zero-order valence-electron chi connectivity index (χ0n) is 16.4. The third-order valence-corrected chi connectivity index (χ3v) is 5.27. The van der Waals surface area contributed by atoms with Crippen molar-refractivity contribution in [3.05, 3.63) is 44.6 Å². The highest BCUT2D eigenvalue weighted by atomic mass is 79.9. The molecule has 0 aliphatic heterocycles. The molecule has 160 valence electrons. The van der Waals surface area contributed by atoms with Gasteiger partial charge >= 0.3 is 11.9 Å². The maximum Gasteiger partial charge on any atom is 0.341 e. The van der Waals surface area contributed by atoms with Crippen LogP contribution in [0.1, 0.15) is 38.3 Å². The molecule has 2 amide bonds. The van der Waals surface area contributed by atoms with Gasteiger partial charge in [0.15, 0.2) is 11.3 Å². The second-order valence-corrected chi connectivity index (χ2v) is 7.49. The lowest BCUT2D eigenvalue weighted by Gasteiger charge is -2.07. The van der Waals surface area contributed by atoms with Crippen LogP contribution in [0.2, 0.25) is 0 Å². The van der Waals surface area contributed by atoms with Crippen molar-refractivity contribution >= 4 is 62.1 Å². The van der Waals surface area contributed by atoms with E-state index < -0.39 is 30.4 Å². The summed E-state index contributed by atoms with van der Waals surface area (Å²) in [6.07, 6.45) is 2.50. The summed E-state index contributed by atoms with van der Waals surface area (Å²) in [4.78, 5) is 48.5. The summed E-state index contributed by atoms with van der Waals surface area (Å²) < 4.78 is 15.6. The minimum Gasteiger partial charge on any atom is -0.462 e. The molecule has 0 saturated carbocycles. The minimum atomic E-state index is -0.753. The van der Waals surface area contributed by atoms with Gasteiger partial charge in [-0.15, -0.1) is 11.3 Å². The van der Waals surface area contributed by atoms with Gasteiger partial charge in [-0.05, 0) is 53.5 Å². The molecule has 0 aromatic carbocycles. The molecule has 11 heteroatoms. The molecule has 0 atom stereocenters. The number of hydrogen-bond donors (Lipinski definition) is 2. The van der Waals surface area contributed by atoms with Gasteiger partial charge in [-0.1, -0.05) is 0 Å². The zero-order valence-corrected chi connectivity index (χ0v) is 18.8. The number of halogens is 1. The Balaban J connectivity index is 2.06. The first kappa shape index (κ1) is 23.4. The second kappa shape index (κ2) is 10.7. The predicted molar refractivity (Wildman–Crippen MR) is 113 cm³/mol. The fourth-order valence-corrected chi connectivity index (χ4v) is 3.77. The lowest BCUT2D eigenvalue weighted by molar-refractivity contribution is -0.142. The van der Waals surface area contributed by atoms with E-state index in [1.807, 2.05) is 0 Å². The molecule has 0 radical (unpaired) electrons. The molecule has 0 unspecified atom stereocenters. The third kappa shape index (κ3) is 6.04. The monoisotopic (exact) mass is 498 g/mol. The lowest BCUT2D eigenvalue weighted by Crippen LogP contribution is -2.21. The van der Waals surface area contributed by atoms with Gasteiger partial charge in [-0.25, -0.2) is 9.59 Å². The average Bonchev–Trinajstić information content (AvgIpc) is 3.27. The standard InChI is InChI=1S/C19H19BrN2O7S/c1-4-27-19(26)15-10(2)16(17(25)21-3)30-18(15)22-13(23)9-28-14(24)8-6-11-5-7-12(20)29-11/h5-8H,4,9H2,1-3H3,(H,21,25)(H,22,23)/b8-6+. The number of anilines is 1. The molecule has 0 aliphatic rings. The van der Waals surface area contributed by atoms with Crippen LogP contribution in [0, 0.1) is 6.92 Å². The second-order valence-electron chi connectivity index (χ2n) is 5.69. The van der Waals surface area contributed by atoms with Gasteiger partial charge in [-0.2, -0.15) is 0 Å². The summed E-state index contributed by atoms with van der Waals surface area (Å²) in [6.45, 7) is 2.78. The Kier molecular flexibility index (Phi) is 8.36.